The van der Waals surface area contributed by atoms with Crippen LogP contribution in [-0.2, 0) is 11.2 Å². The number of carbonyl (C=O) groups excluding carboxylic acids is 2. The van der Waals surface area contributed by atoms with E-state index in [4.69, 9.17) is 0 Å². The molecule has 0 amide bonds. The summed E-state index contributed by atoms with van der Waals surface area (Å²) in [7, 11) is 0. The van der Waals surface area contributed by atoms with Crippen LogP contribution in [0.1, 0.15) is 34.0 Å². The van der Waals surface area contributed by atoms with E-state index in [-0.39, 0.29) is 34.8 Å². The predicted octanol–water partition coefficient (Wildman–Crippen LogP) is 1.66. The molecule has 0 fully saturated rings. The number of ketones is 1. The quantitative estimate of drug-likeness (QED) is 0.763. The second-order valence-electron chi connectivity index (χ2n) is 3.84. The molecule has 0 aliphatic heterocycles. The van der Waals surface area contributed by atoms with Crippen LogP contribution in [0.4, 0.5) is 0 Å². The number of phenols is 2. The van der Waals surface area contributed by atoms with Crippen molar-refractivity contribution in [2.45, 2.75) is 27.2 Å². The van der Waals surface area contributed by atoms with Crippen LogP contribution in [0.25, 0.3) is 0 Å². The molecule has 0 unspecified atom stereocenters. The molecular weight excluding hydrogens is 208 g/mol. The van der Waals surface area contributed by atoms with Crippen LogP contribution >= 0.6 is 0 Å². The molecule has 0 spiro atoms. The summed E-state index contributed by atoms with van der Waals surface area (Å²) in [5.41, 5.74) is 1.20. The van der Waals surface area contributed by atoms with Crippen molar-refractivity contribution in [3.05, 3.63) is 22.3 Å². The Morgan fingerprint density at radius 1 is 1.19 bits per heavy atom. The molecule has 0 saturated carbocycles. The molecule has 0 atom stereocenters. The van der Waals surface area contributed by atoms with Crippen LogP contribution in [0.3, 0.4) is 0 Å². The largest absolute Gasteiger partial charge is 0.507 e. The van der Waals surface area contributed by atoms with E-state index in [1.807, 2.05) is 0 Å². The number of hydrogen-bond donors (Lipinski definition) is 2. The molecule has 0 aliphatic carbocycles. The van der Waals surface area contributed by atoms with Gasteiger partial charge in [-0.25, -0.2) is 0 Å². The summed E-state index contributed by atoms with van der Waals surface area (Å²) < 4.78 is 0. The Labute approximate surface area is 93.5 Å². The van der Waals surface area contributed by atoms with Gasteiger partial charge in [-0.15, -0.1) is 0 Å². The number of aldehydes is 1. The lowest BCUT2D eigenvalue weighted by Gasteiger charge is -2.14. The predicted molar refractivity (Wildman–Crippen MR) is 59.0 cm³/mol. The maximum atomic E-state index is 11.1. The van der Waals surface area contributed by atoms with Gasteiger partial charge in [-0.2, -0.15) is 0 Å². The Morgan fingerprint density at radius 3 is 2.19 bits per heavy atom. The van der Waals surface area contributed by atoms with Crippen molar-refractivity contribution in [2.24, 2.45) is 0 Å². The molecule has 86 valence electrons. The zero-order valence-electron chi connectivity index (χ0n) is 9.50. The second kappa shape index (κ2) is 4.35. The number of hydrogen-bond acceptors (Lipinski definition) is 4. The Hall–Kier alpha value is -1.84. The highest BCUT2D eigenvalue weighted by molar-refractivity contribution is 5.88. The van der Waals surface area contributed by atoms with Crippen LogP contribution in [0.2, 0.25) is 0 Å². The van der Waals surface area contributed by atoms with Gasteiger partial charge in [-0.05, 0) is 31.9 Å². The van der Waals surface area contributed by atoms with Crippen LogP contribution in [0.15, 0.2) is 0 Å². The first-order valence-electron chi connectivity index (χ1n) is 4.88. The fraction of sp³-hybridized carbons (Fsp3) is 0.333. The Morgan fingerprint density at radius 2 is 1.75 bits per heavy atom. The molecule has 1 aromatic carbocycles. The van der Waals surface area contributed by atoms with Crippen molar-refractivity contribution in [1.82, 2.24) is 0 Å². The van der Waals surface area contributed by atoms with Crippen molar-refractivity contribution < 1.29 is 19.8 Å². The van der Waals surface area contributed by atoms with Crippen molar-refractivity contribution >= 4 is 12.1 Å². The van der Waals surface area contributed by atoms with E-state index in [0.29, 0.717) is 17.4 Å². The Bertz CT molecular complexity index is 461. The van der Waals surface area contributed by atoms with E-state index in [1.165, 1.54) is 13.8 Å². The Balaban J connectivity index is 3.57. The topological polar surface area (TPSA) is 74.6 Å². The van der Waals surface area contributed by atoms with Gasteiger partial charge >= 0.3 is 0 Å². The van der Waals surface area contributed by atoms with E-state index in [0.717, 1.165) is 0 Å². The summed E-state index contributed by atoms with van der Waals surface area (Å²) in [4.78, 5) is 22.0. The molecule has 0 bridgehead atoms. The molecule has 0 heterocycles. The molecule has 4 nitrogen and oxygen atoms in total. The molecule has 0 radical (unpaired) electrons. The molecular formula is C12H14O4. The number of Topliss-reactive ketones (excluding diaryl/α,β-unsaturated/α-hetero) is 1. The summed E-state index contributed by atoms with van der Waals surface area (Å²) in [5, 5.41) is 19.4. The van der Waals surface area contributed by atoms with E-state index in [9.17, 15) is 19.8 Å². The first kappa shape index (κ1) is 12.2. The minimum Gasteiger partial charge on any atom is -0.507 e. The second-order valence-corrected chi connectivity index (χ2v) is 3.84. The number of aromatic hydroxyl groups is 2. The summed E-state index contributed by atoms with van der Waals surface area (Å²) in [6, 6.07) is 0. The molecule has 16 heavy (non-hydrogen) atoms. The van der Waals surface area contributed by atoms with Gasteiger partial charge in [0.2, 0.25) is 0 Å². The highest BCUT2D eigenvalue weighted by atomic mass is 16.3. The normalized spacial score (nSPS) is 10.2. The van der Waals surface area contributed by atoms with Crippen molar-refractivity contribution in [2.75, 3.05) is 0 Å². The smallest absolute Gasteiger partial charge is 0.154 e. The van der Waals surface area contributed by atoms with E-state index in [1.54, 1.807) is 6.92 Å². The highest BCUT2D eigenvalue weighted by Crippen LogP contribution is 2.36. The van der Waals surface area contributed by atoms with Gasteiger partial charge < -0.3 is 10.2 Å². The first-order valence-corrected chi connectivity index (χ1v) is 4.88. The maximum absolute atomic E-state index is 11.1. The maximum Gasteiger partial charge on any atom is 0.154 e. The van der Waals surface area contributed by atoms with Crippen molar-refractivity contribution in [1.29, 1.82) is 0 Å². The van der Waals surface area contributed by atoms with Gasteiger partial charge in [0.25, 0.3) is 0 Å². The third kappa shape index (κ3) is 1.91. The lowest BCUT2D eigenvalue weighted by atomic mass is 9.93. The zero-order valence-corrected chi connectivity index (χ0v) is 9.50. The van der Waals surface area contributed by atoms with Gasteiger partial charge in [0.1, 0.15) is 17.3 Å². The molecule has 1 aromatic rings. The van der Waals surface area contributed by atoms with E-state index in [2.05, 4.69) is 0 Å². The summed E-state index contributed by atoms with van der Waals surface area (Å²) in [6.45, 7) is 4.53. The summed E-state index contributed by atoms with van der Waals surface area (Å²) >= 11 is 0. The molecule has 0 aromatic heterocycles. The summed E-state index contributed by atoms with van der Waals surface area (Å²) in [5.74, 6) is -0.456. The van der Waals surface area contributed by atoms with Crippen molar-refractivity contribution in [3.8, 4) is 11.5 Å². The van der Waals surface area contributed by atoms with Gasteiger partial charge in [-0.1, -0.05) is 0 Å². The monoisotopic (exact) mass is 222 g/mol. The lowest BCUT2D eigenvalue weighted by molar-refractivity contribution is -0.116. The Kier molecular flexibility index (Phi) is 3.32. The SMILES string of the molecule is CC(=O)Cc1c(C)c(O)c(C)c(O)c1C=O. The number of rotatable bonds is 3. The van der Waals surface area contributed by atoms with Gasteiger partial charge in [-0.3, -0.25) is 9.59 Å². The third-order valence-electron chi connectivity index (χ3n) is 2.64. The zero-order chi connectivity index (χ0) is 12.5. The average molecular weight is 222 g/mol. The van der Waals surface area contributed by atoms with Crippen LogP contribution in [-0.4, -0.2) is 22.3 Å². The molecule has 1 rings (SSSR count). The highest BCUT2D eigenvalue weighted by Gasteiger charge is 2.19. The molecule has 0 saturated heterocycles. The number of carbonyl (C=O) groups is 2. The lowest BCUT2D eigenvalue weighted by Crippen LogP contribution is -2.05. The first-order chi connectivity index (χ1) is 7.40. The molecule has 4 heteroatoms. The summed E-state index contributed by atoms with van der Waals surface area (Å²) in [6.07, 6.45) is 0.536. The van der Waals surface area contributed by atoms with Gasteiger partial charge in [0, 0.05) is 12.0 Å². The number of phenolic OH excluding ortho intramolecular Hbond substituents is 2. The third-order valence-corrected chi connectivity index (χ3v) is 2.64. The minimum absolute atomic E-state index is 0.0291. The standard InChI is InChI=1S/C12H14O4/c1-6(14)4-9-7(2)11(15)8(3)12(16)10(9)5-13/h5,15-16H,4H2,1-3H3. The fourth-order valence-corrected chi connectivity index (χ4v) is 1.69. The van der Waals surface area contributed by atoms with Gasteiger partial charge in [0.15, 0.2) is 6.29 Å². The van der Waals surface area contributed by atoms with Crippen LogP contribution in [0, 0.1) is 13.8 Å². The fourth-order valence-electron chi connectivity index (χ4n) is 1.69. The van der Waals surface area contributed by atoms with Gasteiger partial charge in [0.05, 0.1) is 5.56 Å². The van der Waals surface area contributed by atoms with Crippen LogP contribution < -0.4 is 0 Å². The average Bonchev–Trinajstić information content (AvgIpc) is 2.23. The molecule has 0 aliphatic rings. The van der Waals surface area contributed by atoms with E-state index >= 15 is 0 Å². The molecule has 2 N–H and O–H groups in total. The van der Waals surface area contributed by atoms with Crippen LogP contribution in [0.5, 0.6) is 11.5 Å². The minimum atomic E-state index is -0.255. The van der Waals surface area contributed by atoms with E-state index < -0.39 is 0 Å². The van der Waals surface area contributed by atoms with Crippen molar-refractivity contribution in [3.63, 3.8) is 0 Å². The number of benzene rings is 1.